The van der Waals surface area contributed by atoms with Crippen molar-refractivity contribution in [1.29, 1.82) is 0 Å². The zero-order chi connectivity index (χ0) is 14.0. The normalized spacial score (nSPS) is 10.4. The predicted molar refractivity (Wildman–Crippen MR) is 72.7 cm³/mol. The van der Waals surface area contributed by atoms with Crippen LogP contribution in [0, 0.1) is 13.8 Å². The fraction of sp³-hybridized carbons (Fsp3) is 0.200. The molecule has 0 spiro atoms. The Bertz CT molecular complexity index is 672. The van der Waals surface area contributed by atoms with Crippen molar-refractivity contribution in [1.82, 2.24) is 4.57 Å². The lowest BCUT2D eigenvalue weighted by Crippen LogP contribution is -2.29. The van der Waals surface area contributed by atoms with Gasteiger partial charge in [0.1, 0.15) is 5.56 Å². The van der Waals surface area contributed by atoms with E-state index in [0.717, 1.165) is 11.3 Å². The highest BCUT2D eigenvalue weighted by Crippen LogP contribution is 2.09. The molecule has 1 aromatic heterocycles. The molecule has 4 nitrogen and oxygen atoms in total. The second kappa shape index (κ2) is 5.10. The highest BCUT2D eigenvalue weighted by Gasteiger charge is 2.16. The van der Waals surface area contributed by atoms with Crippen LogP contribution in [0.3, 0.4) is 0 Å². The van der Waals surface area contributed by atoms with Crippen LogP contribution < -0.4 is 5.56 Å². The van der Waals surface area contributed by atoms with Gasteiger partial charge >= 0.3 is 5.97 Å². The number of pyridine rings is 1. The standard InChI is InChI=1S/C15H15NO3/c1-10-8-11(2)16(14(17)13(10)15(18)19)9-12-6-4-3-5-7-12/h3-8H,9H2,1-2H3,(H,18,19). The third-order valence-corrected chi connectivity index (χ3v) is 3.10. The maximum absolute atomic E-state index is 12.2. The molecule has 0 aliphatic carbocycles. The lowest BCUT2D eigenvalue weighted by atomic mass is 10.1. The molecule has 4 heteroatoms. The maximum atomic E-state index is 12.2. The van der Waals surface area contributed by atoms with Gasteiger partial charge in [-0.15, -0.1) is 0 Å². The molecule has 1 aromatic carbocycles. The zero-order valence-corrected chi connectivity index (χ0v) is 10.9. The van der Waals surface area contributed by atoms with E-state index >= 15 is 0 Å². The molecule has 19 heavy (non-hydrogen) atoms. The summed E-state index contributed by atoms with van der Waals surface area (Å²) in [6, 6.07) is 11.2. The topological polar surface area (TPSA) is 59.3 Å². The van der Waals surface area contributed by atoms with Crippen molar-refractivity contribution in [3.05, 3.63) is 69.1 Å². The second-order valence-electron chi connectivity index (χ2n) is 4.53. The van der Waals surface area contributed by atoms with Gasteiger partial charge in [-0.3, -0.25) is 4.79 Å². The van der Waals surface area contributed by atoms with E-state index in [1.807, 2.05) is 37.3 Å². The smallest absolute Gasteiger partial charge is 0.341 e. The van der Waals surface area contributed by atoms with E-state index in [4.69, 9.17) is 5.11 Å². The van der Waals surface area contributed by atoms with Crippen molar-refractivity contribution in [2.45, 2.75) is 20.4 Å². The van der Waals surface area contributed by atoms with Crippen molar-refractivity contribution < 1.29 is 9.90 Å². The Balaban J connectivity index is 2.55. The summed E-state index contributed by atoms with van der Waals surface area (Å²) in [7, 11) is 0. The second-order valence-corrected chi connectivity index (χ2v) is 4.53. The van der Waals surface area contributed by atoms with Crippen molar-refractivity contribution >= 4 is 5.97 Å². The van der Waals surface area contributed by atoms with Crippen LogP contribution >= 0.6 is 0 Å². The monoisotopic (exact) mass is 257 g/mol. The molecule has 98 valence electrons. The molecule has 0 aliphatic heterocycles. The Morgan fingerprint density at radius 1 is 1.21 bits per heavy atom. The number of hydrogen-bond donors (Lipinski definition) is 1. The van der Waals surface area contributed by atoms with Gasteiger partial charge < -0.3 is 9.67 Å². The first kappa shape index (κ1) is 13.1. The number of carboxylic acid groups (broad SMARTS) is 1. The number of carboxylic acids is 1. The Labute approximate surface area is 110 Å². The third-order valence-electron chi connectivity index (χ3n) is 3.10. The minimum atomic E-state index is -1.18. The predicted octanol–water partition coefficient (Wildman–Crippen LogP) is 2.21. The van der Waals surface area contributed by atoms with E-state index in [1.165, 1.54) is 4.57 Å². The van der Waals surface area contributed by atoms with Gasteiger partial charge in [0.2, 0.25) is 0 Å². The summed E-state index contributed by atoms with van der Waals surface area (Å²) < 4.78 is 1.49. The number of aryl methyl sites for hydroxylation is 2. The van der Waals surface area contributed by atoms with Gasteiger partial charge in [-0.2, -0.15) is 0 Å². The van der Waals surface area contributed by atoms with E-state index in [0.29, 0.717) is 12.1 Å². The molecule has 0 saturated heterocycles. The Kier molecular flexibility index (Phi) is 3.51. The van der Waals surface area contributed by atoms with Crippen LogP contribution in [0.4, 0.5) is 0 Å². The first-order valence-corrected chi connectivity index (χ1v) is 5.99. The van der Waals surface area contributed by atoms with Crippen molar-refractivity contribution in [3.8, 4) is 0 Å². The summed E-state index contributed by atoms with van der Waals surface area (Å²) in [5.74, 6) is -1.18. The third kappa shape index (κ3) is 2.57. The summed E-state index contributed by atoms with van der Waals surface area (Å²) in [6.07, 6.45) is 0. The summed E-state index contributed by atoms with van der Waals surface area (Å²) in [5, 5.41) is 9.11. The zero-order valence-electron chi connectivity index (χ0n) is 10.9. The van der Waals surface area contributed by atoms with E-state index in [-0.39, 0.29) is 5.56 Å². The molecule has 1 N–H and O–H groups in total. The Hall–Kier alpha value is -2.36. The molecule has 0 unspecified atom stereocenters. The summed E-state index contributed by atoms with van der Waals surface area (Å²) in [5.41, 5.74) is 1.62. The van der Waals surface area contributed by atoms with Crippen molar-refractivity contribution in [3.63, 3.8) is 0 Å². The molecule has 2 rings (SSSR count). The van der Waals surface area contributed by atoms with Crippen molar-refractivity contribution in [2.75, 3.05) is 0 Å². The van der Waals surface area contributed by atoms with Crippen LogP contribution in [0.5, 0.6) is 0 Å². The summed E-state index contributed by atoms with van der Waals surface area (Å²) >= 11 is 0. The van der Waals surface area contributed by atoms with Crippen LogP contribution in [-0.2, 0) is 6.54 Å². The van der Waals surface area contributed by atoms with E-state index in [1.54, 1.807) is 13.0 Å². The largest absolute Gasteiger partial charge is 0.477 e. The highest BCUT2D eigenvalue weighted by molar-refractivity contribution is 5.88. The molecule has 0 fully saturated rings. The minimum absolute atomic E-state index is 0.151. The Morgan fingerprint density at radius 3 is 2.42 bits per heavy atom. The van der Waals surface area contributed by atoms with Crippen LogP contribution in [0.1, 0.15) is 27.2 Å². The average Bonchev–Trinajstić information content (AvgIpc) is 2.35. The number of benzene rings is 1. The molecule has 0 radical (unpaired) electrons. The molecule has 0 aliphatic rings. The SMILES string of the molecule is Cc1cc(C)n(Cc2ccccc2)c(=O)c1C(=O)O. The summed E-state index contributed by atoms with van der Waals surface area (Å²) in [6.45, 7) is 3.83. The number of rotatable bonds is 3. The maximum Gasteiger partial charge on any atom is 0.341 e. The molecule has 0 bridgehead atoms. The number of carbonyl (C=O) groups is 1. The first-order valence-electron chi connectivity index (χ1n) is 5.99. The number of hydrogen-bond acceptors (Lipinski definition) is 2. The van der Waals surface area contributed by atoms with Crippen LogP contribution in [-0.4, -0.2) is 15.6 Å². The van der Waals surface area contributed by atoms with Gasteiger partial charge in [0.05, 0.1) is 6.54 Å². The van der Waals surface area contributed by atoms with Crippen LogP contribution in [0.2, 0.25) is 0 Å². The van der Waals surface area contributed by atoms with E-state index in [2.05, 4.69) is 0 Å². The van der Waals surface area contributed by atoms with Crippen LogP contribution in [0.15, 0.2) is 41.2 Å². The van der Waals surface area contributed by atoms with E-state index in [9.17, 15) is 9.59 Å². The quantitative estimate of drug-likeness (QED) is 0.917. The molecule has 1 heterocycles. The number of aromatic nitrogens is 1. The average molecular weight is 257 g/mol. The van der Waals surface area contributed by atoms with Gasteiger partial charge in [0, 0.05) is 5.69 Å². The summed E-state index contributed by atoms with van der Waals surface area (Å²) in [4.78, 5) is 23.4. The fourth-order valence-electron chi connectivity index (χ4n) is 2.15. The lowest BCUT2D eigenvalue weighted by Gasteiger charge is -2.12. The van der Waals surface area contributed by atoms with E-state index < -0.39 is 11.5 Å². The van der Waals surface area contributed by atoms with Crippen LogP contribution in [0.25, 0.3) is 0 Å². The molecular weight excluding hydrogens is 242 g/mol. The number of aromatic carboxylic acids is 1. The Morgan fingerprint density at radius 2 is 1.84 bits per heavy atom. The lowest BCUT2D eigenvalue weighted by molar-refractivity contribution is 0.0693. The van der Waals surface area contributed by atoms with Crippen molar-refractivity contribution in [2.24, 2.45) is 0 Å². The highest BCUT2D eigenvalue weighted by atomic mass is 16.4. The fourth-order valence-corrected chi connectivity index (χ4v) is 2.15. The molecule has 0 atom stereocenters. The number of nitrogens with zero attached hydrogens (tertiary/aromatic N) is 1. The van der Waals surface area contributed by atoms with Gasteiger partial charge in [0.25, 0.3) is 5.56 Å². The molecule has 2 aromatic rings. The minimum Gasteiger partial charge on any atom is -0.477 e. The molecule has 0 amide bonds. The molecule has 0 saturated carbocycles. The van der Waals surface area contributed by atoms with Gasteiger partial charge in [-0.1, -0.05) is 30.3 Å². The molecular formula is C15H15NO3. The van der Waals surface area contributed by atoms with Gasteiger partial charge in [-0.05, 0) is 31.0 Å². The first-order chi connectivity index (χ1) is 9.00. The van der Waals surface area contributed by atoms with Gasteiger partial charge in [0.15, 0.2) is 0 Å². The van der Waals surface area contributed by atoms with Gasteiger partial charge in [-0.25, -0.2) is 4.79 Å².